The molecule has 114 valence electrons. The number of imidazole rings is 1. The van der Waals surface area contributed by atoms with Gasteiger partial charge in [-0.1, -0.05) is 12.1 Å². The lowest BCUT2D eigenvalue weighted by Crippen LogP contribution is -2.13. The first kappa shape index (κ1) is 15.6. The number of aryl methyl sites for hydroxylation is 2. The summed E-state index contributed by atoms with van der Waals surface area (Å²) in [5.41, 5.74) is 0.0177. The second kappa shape index (κ2) is 6.30. The second-order valence-corrected chi connectivity index (χ2v) is 5.05. The number of hydrogen-bond acceptors (Lipinski definition) is 2. The number of benzene rings is 1. The van der Waals surface area contributed by atoms with Crippen molar-refractivity contribution in [3.63, 3.8) is 0 Å². The maximum atomic E-state index is 12.4. The Bertz CT molecular complexity index is 575. The average molecular weight is 298 g/mol. The van der Waals surface area contributed by atoms with Crippen LogP contribution >= 0.6 is 0 Å². The van der Waals surface area contributed by atoms with Crippen LogP contribution in [0.3, 0.4) is 0 Å². The van der Waals surface area contributed by atoms with E-state index in [1.807, 2.05) is 17.8 Å². The molecule has 1 unspecified atom stereocenters. The number of aromatic nitrogens is 2. The molecule has 0 saturated heterocycles. The zero-order chi connectivity index (χ0) is 15.5. The van der Waals surface area contributed by atoms with Gasteiger partial charge < -0.3 is 9.67 Å². The lowest BCUT2D eigenvalue weighted by Gasteiger charge is -2.12. The van der Waals surface area contributed by atoms with Crippen molar-refractivity contribution in [2.45, 2.75) is 31.5 Å². The van der Waals surface area contributed by atoms with E-state index in [9.17, 15) is 18.3 Å². The van der Waals surface area contributed by atoms with Crippen molar-refractivity contribution in [2.75, 3.05) is 0 Å². The largest absolute Gasteiger partial charge is 0.416 e. The zero-order valence-corrected chi connectivity index (χ0v) is 11.6. The Kier molecular flexibility index (Phi) is 4.67. The van der Waals surface area contributed by atoms with E-state index in [2.05, 4.69) is 4.98 Å². The van der Waals surface area contributed by atoms with E-state index in [0.29, 0.717) is 24.8 Å². The van der Waals surface area contributed by atoms with Gasteiger partial charge in [0.1, 0.15) is 5.82 Å². The highest BCUT2D eigenvalue weighted by molar-refractivity contribution is 5.25. The minimum Gasteiger partial charge on any atom is -0.393 e. The standard InChI is InChI=1S/C15H17F3N2O/c1-20-9-8-19-14(20)7-6-13(21)10-11-2-4-12(5-3-11)15(16,17)18/h2-5,8-9,13,21H,6-7,10H2,1H3. The van der Waals surface area contributed by atoms with Crippen molar-refractivity contribution in [3.05, 3.63) is 53.6 Å². The molecule has 0 fully saturated rings. The first-order chi connectivity index (χ1) is 9.86. The molecule has 3 nitrogen and oxygen atoms in total. The third-order valence-electron chi connectivity index (χ3n) is 3.37. The SMILES string of the molecule is Cn1ccnc1CCC(O)Cc1ccc(C(F)(F)F)cc1. The highest BCUT2D eigenvalue weighted by Crippen LogP contribution is 2.29. The molecule has 1 heterocycles. The van der Waals surface area contributed by atoms with Crippen molar-refractivity contribution < 1.29 is 18.3 Å². The highest BCUT2D eigenvalue weighted by Gasteiger charge is 2.29. The molecular weight excluding hydrogens is 281 g/mol. The number of nitrogens with zero attached hydrogens (tertiary/aromatic N) is 2. The first-order valence-electron chi connectivity index (χ1n) is 6.66. The molecule has 1 aromatic heterocycles. The molecule has 0 spiro atoms. The summed E-state index contributed by atoms with van der Waals surface area (Å²) in [6.45, 7) is 0. The molecule has 21 heavy (non-hydrogen) atoms. The van der Waals surface area contributed by atoms with Gasteiger partial charge in [-0.2, -0.15) is 13.2 Å². The number of aliphatic hydroxyl groups is 1. The van der Waals surface area contributed by atoms with Crippen molar-refractivity contribution in [3.8, 4) is 0 Å². The van der Waals surface area contributed by atoms with Crippen LogP contribution in [0.5, 0.6) is 0 Å². The lowest BCUT2D eigenvalue weighted by molar-refractivity contribution is -0.137. The molecule has 1 atom stereocenters. The van der Waals surface area contributed by atoms with Crippen molar-refractivity contribution in [1.29, 1.82) is 0 Å². The second-order valence-electron chi connectivity index (χ2n) is 5.05. The average Bonchev–Trinajstić information content (AvgIpc) is 2.81. The summed E-state index contributed by atoms with van der Waals surface area (Å²) in [5, 5.41) is 9.96. The van der Waals surface area contributed by atoms with E-state index >= 15 is 0 Å². The first-order valence-corrected chi connectivity index (χ1v) is 6.66. The Hall–Kier alpha value is -1.82. The molecule has 0 bridgehead atoms. The molecule has 0 radical (unpaired) electrons. The van der Waals surface area contributed by atoms with E-state index in [4.69, 9.17) is 0 Å². The van der Waals surface area contributed by atoms with Gasteiger partial charge in [0.2, 0.25) is 0 Å². The topological polar surface area (TPSA) is 38.0 Å². The van der Waals surface area contributed by atoms with Gasteiger partial charge in [-0.15, -0.1) is 0 Å². The number of halogens is 3. The van der Waals surface area contributed by atoms with Crippen LogP contribution < -0.4 is 0 Å². The van der Waals surface area contributed by atoms with Gasteiger partial charge in [-0.05, 0) is 30.5 Å². The van der Waals surface area contributed by atoms with Crippen LogP contribution in [-0.4, -0.2) is 20.8 Å². The fourth-order valence-electron chi connectivity index (χ4n) is 2.14. The summed E-state index contributed by atoms with van der Waals surface area (Å²) in [6, 6.07) is 4.90. The Labute approximate surface area is 121 Å². The van der Waals surface area contributed by atoms with Gasteiger partial charge in [-0.3, -0.25) is 0 Å². The predicted molar refractivity (Wildman–Crippen MR) is 72.7 cm³/mol. The smallest absolute Gasteiger partial charge is 0.393 e. The van der Waals surface area contributed by atoms with E-state index in [1.54, 1.807) is 6.20 Å². The molecule has 2 rings (SSSR count). The van der Waals surface area contributed by atoms with Crippen LogP contribution in [0, 0.1) is 0 Å². The fraction of sp³-hybridized carbons (Fsp3) is 0.400. The Balaban J connectivity index is 1.88. The molecule has 0 aliphatic carbocycles. The molecule has 6 heteroatoms. The van der Waals surface area contributed by atoms with Gasteiger partial charge in [0, 0.05) is 25.9 Å². The third-order valence-corrected chi connectivity index (χ3v) is 3.37. The number of rotatable bonds is 5. The molecule has 0 saturated carbocycles. The van der Waals surface area contributed by atoms with Crippen molar-refractivity contribution in [1.82, 2.24) is 9.55 Å². The molecule has 0 aliphatic heterocycles. The van der Waals surface area contributed by atoms with Crippen LogP contribution in [0.1, 0.15) is 23.4 Å². The predicted octanol–water partition coefficient (Wildman–Crippen LogP) is 2.98. The zero-order valence-electron chi connectivity index (χ0n) is 11.6. The monoisotopic (exact) mass is 298 g/mol. The van der Waals surface area contributed by atoms with E-state index < -0.39 is 17.8 Å². The summed E-state index contributed by atoms with van der Waals surface area (Å²) in [5.74, 6) is 0.876. The number of hydrogen-bond donors (Lipinski definition) is 1. The molecule has 1 aromatic carbocycles. The Morgan fingerprint density at radius 1 is 1.24 bits per heavy atom. The van der Waals surface area contributed by atoms with Gasteiger partial charge in [0.15, 0.2) is 0 Å². The summed E-state index contributed by atoms with van der Waals surface area (Å²) < 4.78 is 39.2. The maximum Gasteiger partial charge on any atom is 0.416 e. The summed E-state index contributed by atoms with van der Waals surface area (Å²) in [7, 11) is 1.88. The fourth-order valence-corrected chi connectivity index (χ4v) is 2.14. The minimum atomic E-state index is -4.32. The van der Waals surface area contributed by atoms with Crippen LogP contribution in [0.2, 0.25) is 0 Å². The van der Waals surface area contributed by atoms with Crippen molar-refractivity contribution >= 4 is 0 Å². The van der Waals surface area contributed by atoms with Gasteiger partial charge >= 0.3 is 6.18 Å². The van der Waals surface area contributed by atoms with Crippen LogP contribution in [0.25, 0.3) is 0 Å². The summed E-state index contributed by atoms with van der Waals surface area (Å²) in [4.78, 5) is 4.16. The van der Waals surface area contributed by atoms with E-state index in [0.717, 1.165) is 18.0 Å². The Morgan fingerprint density at radius 2 is 1.90 bits per heavy atom. The van der Waals surface area contributed by atoms with Crippen LogP contribution in [0.15, 0.2) is 36.7 Å². The van der Waals surface area contributed by atoms with Crippen LogP contribution in [-0.2, 0) is 26.1 Å². The van der Waals surface area contributed by atoms with Crippen LogP contribution in [0.4, 0.5) is 13.2 Å². The summed E-state index contributed by atoms with van der Waals surface area (Å²) >= 11 is 0. The Morgan fingerprint density at radius 3 is 2.43 bits per heavy atom. The lowest BCUT2D eigenvalue weighted by atomic mass is 10.0. The molecule has 2 aromatic rings. The van der Waals surface area contributed by atoms with E-state index in [1.165, 1.54) is 12.1 Å². The minimum absolute atomic E-state index is 0.336. The number of alkyl halides is 3. The quantitative estimate of drug-likeness (QED) is 0.921. The highest BCUT2D eigenvalue weighted by atomic mass is 19.4. The maximum absolute atomic E-state index is 12.4. The van der Waals surface area contributed by atoms with Gasteiger partial charge in [0.25, 0.3) is 0 Å². The van der Waals surface area contributed by atoms with Gasteiger partial charge in [0.05, 0.1) is 11.7 Å². The normalized spacial score (nSPS) is 13.4. The number of aliphatic hydroxyl groups excluding tert-OH is 1. The van der Waals surface area contributed by atoms with Gasteiger partial charge in [-0.25, -0.2) is 4.98 Å². The summed E-state index contributed by atoms with van der Waals surface area (Å²) in [6.07, 6.45) is 0.0861. The molecule has 0 amide bonds. The molecular formula is C15H17F3N2O. The van der Waals surface area contributed by atoms with Crippen molar-refractivity contribution in [2.24, 2.45) is 7.05 Å². The van der Waals surface area contributed by atoms with E-state index in [-0.39, 0.29) is 0 Å². The third kappa shape index (κ3) is 4.32. The molecule has 0 aliphatic rings. The molecule has 1 N–H and O–H groups in total.